The molecule has 0 spiro atoms. The van der Waals surface area contributed by atoms with Gasteiger partial charge in [0.2, 0.25) is 0 Å². The Kier molecular flexibility index (Phi) is 5.07. The molecule has 23 heavy (non-hydrogen) atoms. The minimum absolute atomic E-state index is 0.550. The second kappa shape index (κ2) is 7.23. The normalized spacial score (nSPS) is 15.7. The average Bonchev–Trinajstić information content (AvgIpc) is 3.10. The van der Waals surface area contributed by atoms with Crippen molar-refractivity contribution in [2.24, 2.45) is 5.73 Å². The molecule has 0 bridgehead atoms. The van der Waals surface area contributed by atoms with E-state index < -0.39 is 11.9 Å². The van der Waals surface area contributed by atoms with Gasteiger partial charge in [-0.05, 0) is 32.2 Å². The highest BCUT2D eigenvalue weighted by molar-refractivity contribution is 7.11. The van der Waals surface area contributed by atoms with Crippen LogP contribution in [0.1, 0.15) is 59.5 Å². The van der Waals surface area contributed by atoms with Crippen molar-refractivity contribution in [3.8, 4) is 0 Å². The van der Waals surface area contributed by atoms with Crippen LogP contribution in [-0.2, 0) is 11.3 Å². The van der Waals surface area contributed by atoms with Gasteiger partial charge in [0.25, 0.3) is 0 Å². The lowest BCUT2D eigenvalue weighted by atomic mass is 9.99. The summed E-state index contributed by atoms with van der Waals surface area (Å²) in [6.45, 7) is 1.29. The van der Waals surface area contributed by atoms with Crippen molar-refractivity contribution in [2.75, 3.05) is 6.54 Å². The minimum Gasteiger partial charge on any atom is -0.481 e. The summed E-state index contributed by atoms with van der Waals surface area (Å²) in [5.41, 5.74) is 6.10. The van der Waals surface area contributed by atoms with E-state index in [0.29, 0.717) is 31.1 Å². The van der Waals surface area contributed by atoms with E-state index in [2.05, 4.69) is 9.97 Å². The van der Waals surface area contributed by atoms with E-state index in [9.17, 15) is 9.90 Å². The Hall–Kier alpha value is -1.73. The fourth-order valence-electron chi connectivity index (χ4n) is 2.63. The van der Waals surface area contributed by atoms with E-state index in [1.165, 1.54) is 22.7 Å². The summed E-state index contributed by atoms with van der Waals surface area (Å²) in [6, 6.07) is 0. The Labute approximate surface area is 139 Å². The standard InChI is InChI=1S/C16H22N4O2S/c17-6-2-1-3-13(16(21)22)14-9-20(10-19-14)8-12-7-18-15(23-12)11-4-5-11/h7,9-11,13H,1-6,8,17H2,(H,21,22). The maximum atomic E-state index is 11.5. The number of nitrogens with two attached hydrogens (primary N) is 1. The number of thiazole rings is 1. The van der Waals surface area contributed by atoms with Crippen molar-refractivity contribution in [3.05, 3.63) is 34.3 Å². The number of imidazole rings is 1. The number of carbonyl (C=O) groups is 1. The van der Waals surface area contributed by atoms with E-state index in [4.69, 9.17) is 5.73 Å². The topological polar surface area (TPSA) is 94.0 Å². The second-order valence-corrected chi connectivity index (χ2v) is 7.23. The first kappa shape index (κ1) is 16.1. The van der Waals surface area contributed by atoms with Crippen molar-refractivity contribution < 1.29 is 9.90 Å². The zero-order valence-electron chi connectivity index (χ0n) is 13.0. The van der Waals surface area contributed by atoms with Crippen LogP contribution in [0.2, 0.25) is 0 Å². The summed E-state index contributed by atoms with van der Waals surface area (Å²) in [5, 5.41) is 10.6. The zero-order valence-corrected chi connectivity index (χ0v) is 13.8. The van der Waals surface area contributed by atoms with Gasteiger partial charge in [-0.15, -0.1) is 11.3 Å². The Morgan fingerprint density at radius 3 is 2.96 bits per heavy atom. The predicted octanol–water partition coefficient (Wildman–Crippen LogP) is 2.56. The first-order valence-corrected chi connectivity index (χ1v) is 8.88. The number of aromatic nitrogens is 3. The molecule has 6 nitrogen and oxygen atoms in total. The van der Waals surface area contributed by atoms with Crippen molar-refractivity contribution >= 4 is 17.3 Å². The third-order valence-corrected chi connectivity index (χ3v) is 5.24. The zero-order chi connectivity index (χ0) is 16.2. The van der Waals surface area contributed by atoms with E-state index in [1.54, 1.807) is 17.7 Å². The number of carboxylic acid groups (broad SMARTS) is 1. The molecule has 1 aliphatic carbocycles. The highest BCUT2D eigenvalue weighted by atomic mass is 32.1. The number of nitrogens with zero attached hydrogens (tertiary/aromatic N) is 3. The van der Waals surface area contributed by atoms with Gasteiger partial charge in [0, 0.05) is 23.2 Å². The molecule has 0 amide bonds. The van der Waals surface area contributed by atoms with Crippen LogP contribution in [-0.4, -0.2) is 32.2 Å². The number of rotatable bonds is 9. The first-order chi connectivity index (χ1) is 11.2. The third kappa shape index (κ3) is 4.17. The predicted molar refractivity (Wildman–Crippen MR) is 88.7 cm³/mol. The molecule has 0 saturated heterocycles. The van der Waals surface area contributed by atoms with Crippen LogP contribution in [0.5, 0.6) is 0 Å². The lowest BCUT2D eigenvalue weighted by molar-refractivity contribution is -0.139. The van der Waals surface area contributed by atoms with Gasteiger partial charge in [-0.25, -0.2) is 9.97 Å². The van der Waals surface area contributed by atoms with Crippen molar-refractivity contribution in [3.63, 3.8) is 0 Å². The number of hydrogen-bond donors (Lipinski definition) is 2. The Morgan fingerprint density at radius 2 is 2.26 bits per heavy atom. The highest BCUT2D eigenvalue weighted by Crippen LogP contribution is 2.41. The number of aliphatic carboxylic acids is 1. The molecule has 1 fully saturated rings. The molecular weight excluding hydrogens is 312 g/mol. The first-order valence-electron chi connectivity index (χ1n) is 8.06. The van der Waals surface area contributed by atoms with Crippen LogP contribution in [0, 0.1) is 0 Å². The lowest BCUT2D eigenvalue weighted by Crippen LogP contribution is -2.13. The van der Waals surface area contributed by atoms with Gasteiger partial charge in [-0.2, -0.15) is 0 Å². The molecule has 1 atom stereocenters. The van der Waals surface area contributed by atoms with Gasteiger partial charge in [-0.3, -0.25) is 4.79 Å². The number of carboxylic acids is 1. The maximum Gasteiger partial charge on any atom is 0.312 e. The molecule has 1 aliphatic rings. The third-order valence-electron chi connectivity index (χ3n) is 4.09. The van der Waals surface area contributed by atoms with Gasteiger partial charge >= 0.3 is 5.97 Å². The Bertz CT molecular complexity index is 663. The summed E-state index contributed by atoms with van der Waals surface area (Å²) in [6.07, 6.45) is 10.2. The molecule has 2 heterocycles. The maximum absolute atomic E-state index is 11.5. The van der Waals surface area contributed by atoms with Gasteiger partial charge in [0.1, 0.15) is 5.92 Å². The lowest BCUT2D eigenvalue weighted by Gasteiger charge is -2.08. The van der Waals surface area contributed by atoms with Crippen LogP contribution < -0.4 is 5.73 Å². The monoisotopic (exact) mass is 334 g/mol. The molecule has 0 aromatic carbocycles. The molecule has 1 saturated carbocycles. The largest absolute Gasteiger partial charge is 0.481 e. The molecule has 1 unspecified atom stereocenters. The SMILES string of the molecule is NCCCCC(C(=O)O)c1cn(Cc2cnc(C3CC3)s2)cn1. The van der Waals surface area contributed by atoms with Crippen LogP contribution in [0.25, 0.3) is 0 Å². The molecule has 0 radical (unpaired) electrons. The molecule has 2 aromatic rings. The van der Waals surface area contributed by atoms with Crippen molar-refractivity contribution in [2.45, 2.75) is 50.5 Å². The minimum atomic E-state index is -0.818. The fraction of sp³-hybridized carbons (Fsp3) is 0.562. The summed E-state index contributed by atoms with van der Waals surface area (Å²) < 4.78 is 1.94. The molecular formula is C16H22N4O2S. The second-order valence-electron chi connectivity index (χ2n) is 6.09. The van der Waals surface area contributed by atoms with E-state index >= 15 is 0 Å². The number of unbranched alkanes of at least 4 members (excludes halogenated alkanes) is 1. The average molecular weight is 334 g/mol. The van der Waals surface area contributed by atoms with E-state index in [1.807, 2.05) is 17.0 Å². The fourth-order valence-corrected chi connectivity index (χ4v) is 3.72. The number of hydrogen-bond acceptors (Lipinski definition) is 5. The molecule has 7 heteroatoms. The quantitative estimate of drug-likeness (QED) is 0.687. The van der Waals surface area contributed by atoms with Gasteiger partial charge in [0.05, 0.1) is 23.6 Å². The summed E-state index contributed by atoms with van der Waals surface area (Å²) in [4.78, 5) is 21.4. The summed E-state index contributed by atoms with van der Waals surface area (Å²) in [7, 11) is 0. The molecule has 3 rings (SSSR count). The molecule has 3 N–H and O–H groups in total. The van der Waals surface area contributed by atoms with E-state index in [-0.39, 0.29) is 0 Å². The van der Waals surface area contributed by atoms with Gasteiger partial charge < -0.3 is 15.4 Å². The van der Waals surface area contributed by atoms with Crippen molar-refractivity contribution in [1.29, 1.82) is 0 Å². The molecule has 2 aromatic heterocycles. The highest BCUT2D eigenvalue weighted by Gasteiger charge is 2.26. The molecule has 124 valence electrons. The Balaban J connectivity index is 1.63. The summed E-state index contributed by atoms with van der Waals surface area (Å²) in [5.74, 6) is -0.696. The van der Waals surface area contributed by atoms with Gasteiger partial charge in [-0.1, -0.05) is 6.42 Å². The van der Waals surface area contributed by atoms with Crippen LogP contribution in [0.3, 0.4) is 0 Å². The van der Waals surface area contributed by atoms with E-state index in [0.717, 1.165) is 12.8 Å². The van der Waals surface area contributed by atoms with Crippen LogP contribution >= 0.6 is 11.3 Å². The van der Waals surface area contributed by atoms with Gasteiger partial charge in [0.15, 0.2) is 0 Å². The van der Waals surface area contributed by atoms with Crippen molar-refractivity contribution in [1.82, 2.24) is 14.5 Å². The molecule has 0 aliphatic heterocycles. The van der Waals surface area contributed by atoms with Crippen LogP contribution in [0.15, 0.2) is 18.7 Å². The smallest absolute Gasteiger partial charge is 0.312 e. The van der Waals surface area contributed by atoms with Crippen LogP contribution in [0.4, 0.5) is 0 Å². The summed E-state index contributed by atoms with van der Waals surface area (Å²) >= 11 is 1.75. The Morgan fingerprint density at radius 1 is 1.43 bits per heavy atom.